The summed E-state index contributed by atoms with van der Waals surface area (Å²) in [6, 6.07) is 30.5. The predicted octanol–water partition coefficient (Wildman–Crippen LogP) is 5.32. The molecule has 0 spiro atoms. The summed E-state index contributed by atoms with van der Waals surface area (Å²) in [4.78, 5) is 30.9. The molecule has 158 valence electrons. The minimum Gasteiger partial charge on any atom is -0.393 e. The van der Waals surface area contributed by atoms with Crippen LogP contribution < -0.4 is 0 Å². The van der Waals surface area contributed by atoms with Gasteiger partial charge in [0.05, 0.1) is 23.2 Å². The predicted molar refractivity (Wildman–Crippen MR) is 123 cm³/mol. The third-order valence-electron chi connectivity index (χ3n) is 7.37. The third-order valence-corrected chi connectivity index (χ3v) is 7.37. The molecule has 4 atom stereocenters. The summed E-state index contributed by atoms with van der Waals surface area (Å²) in [5, 5.41) is 0. The normalized spacial score (nSPS) is 24.1. The molecule has 2 heterocycles. The van der Waals surface area contributed by atoms with Crippen molar-refractivity contribution in [1.29, 1.82) is 0 Å². The van der Waals surface area contributed by atoms with Crippen molar-refractivity contribution in [3.63, 3.8) is 0 Å². The van der Waals surface area contributed by atoms with E-state index >= 15 is 0 Å². The number of carbonyl (C=O) groups excluding carboxylic acids is 2. The highest BCUT2D eigenvalue weighted by atomic mass is 16.6. The highest BCUT2D eigenvalue weighted by Crippen LogP contribution is 2.62. The SMILES string of the molecule is O=C1OC(=O)C2C3c4ccccc4C(c4cc(-c5ccccc5)nc(-c5ccccc5)c43)C12. The number of aromatic nitrogens is 1. The van der Waals surface area contributed by atoms with Crippen molar-refractivity contribution in [2.45, 2.75) is 11.8 Å². The van der Waals surface area contributed by atoms with Crippen LogP contribution in [0.3, 0.4) is 0 Å². The Morgan fingerprint density at radius 2 is 1.15 bits per heavy atom. The quantitative estimate of drug-likeness (QED) is 0.320. The first kappa shape index (κ1) is 18.5. The molecule has 0 saturated carbocycles. The average Bonchev–Trinajstić information content (AvgIpc) is 3.18. The van der Waals surface area contributed by atoms with Gasteiger partial charge in [0, 0.05) is 23.0 Å². The fraction of sp³-hybridized carbons (Fsp3) is 0.138. The van der Waals surface area contributed by atoms with Crippen molar-refractivity contribution in [3.8, 4) is 22.5 Å². The molecule has 4 unspecified atom stereocenters. The van der Waals surface area contributed by atoms with Crippen molar-refractivity contribution < 1.29 is 14.3 Å². The fourth-order valence-corrected chi connectivity index (χ4v) is 6.11. The number of pyridine rings is 1. The second kappa shape index (κ2) is 6.72. The molecule has 3 aromatic carbocycles. The fourth-order valence-electron chi connectivity index (χ4n) is 6.11. The van der Waals surface area contributed by atoms with Gasteiger partial charge in [-0.1, -0.05) is 84.9 Å². The molecule has 4 nitrogen and oxygen atoms in total. The molecule has 0 amide bonds. The highest BCUT2D eigenvalue weighted by molar-refractivity contribution is 6.00. The maximum Gasteiger partial charge on any atom is 0.318 e. The maximum absolute atomic E-state index is 12.9. The van der Waals surface area contributed by atoms with Gasteiger partial charge in [0.15, 0.2) is 0 Å². The minimum atomic E-state index is -0.503. The summed E-state index contributed by atoms with van der Waals surface area (Å²) >= 11 is 0. The van der Waals surface area contributed by atoms with Crippen molar-refractivity contribution in [3.05, 3.63) is 113 Å². The summed E-state index contributed by atoms with van der Waals surface area (Å²) in [7, 11) is 0. The third kappa shape index (κ3) is 2.49. The summed E-state index contributed by atoms with van der Waals surface area (Å²) in [5.41, 5.74) is 8.13. The zero-order valence-corrected chi connectivity index (χ0v) is 17.6. The summed E-state index contributed by atoms with van der Waals surface area (Å²) in [6.07, 6.45) is 0. The lowest BCUT2D eigenvalue weighted by Crippen LogP contribution is -2.42. The molecule has 0 N–H and O–H groups in total. The lowest BCUT2D eigenvalue weighted by Gasteiger charge is -2.46. The first-order valence-electron chi connectivity index (χ1n) is 11.2. The Kier molecular flexibility index (Phi) is 3.77. The zero-order valence-electron chi connectivity index (χ0n) is 17.6. The van der Waals surface area contributed by atoms with Crippen molar-refractivity contribution in [2.75, 3.05) is 0 Å². The summed E-state index contributed by atoms with van der Waals surface area (Å²) in [5.74, 6) is -2.28. The zero-order chi connectivity index (χ0) is 22.1. The van der Waals surface area contributed by atoms with Gasteiger partial charge in [-0.05, 0) is 28.3 Å². The Balaban J connectivity index is 1.58. The number of cyclic esters (lactones) is 2. The van der Waals surface area contributed by atoms with Crippen LogP contribution in [0.15, 0.2) is 91.0 Å². The second-order valence-corrected chi connectivity index (χ2v) is 8.97. The van der Waals surface area contributed by atoms with Crippen LogP contribution in [0.25, 0.3) is 22.5 Å². The van der Waals surface area contributed by atoms with E-state index in [2.05, 4.69) is 42.5 Å². The lowest BCUT2D eigenvalue weighted by atomic mass is 9.54. The van der Waals surface area contributed by atoms with Crippen LogP contribution in [-0.4, -0.2) is 16.9 Å². The van der Waals surface area contributed by atoms with Gasteiger partial charge in [0.1, 0.15) is 0 Å². The van der Waals surface area contributed by atoms with Gasteiger partial charge in [-0.15, -0.1) is 0 Å². The van der Waals surface area contributed by atoms with E-state index in [0.717, 1.165) is 44.8 Å². The topological polar surface area (TPSA) is 56.3 Å². The molecule has 1 aromatic heterocycles. The molecule has 8 rings (SSSR count). The van der Waals surface area contributed by atoms with Gasteiger partial charge in [-0.3, -0.25) is 9.59 Å². The van der Waals surface area contributed by atoms with Crippen LogP contribution in [0.1, 0.15) is 34.1 Å². The minimum absolute atomic E-state index is 0.224. The van der Waals surface area contributed by atoms with E-state index in [4.69, 9.17) is 9.72 Å². The Labute approximate surface area is 190 Å². The standard InChI is InChI=1S/C29H19NO3/c31-28-25-22-18-13-7-8-14-19(18)23(26(25)29(32)33-28)24-20(22)15-21(16-9-3-1-4-10-16)30-27(24)17-11-5-2-6-12-17/h1-15,22-23,25-26H. The van der Waals surface area contributed by atoms with Gasteiger partial charge in [0.25, 0.3) is 0 Å². The van der Waals surface area contributed by atoms with Crippen LogP contribution in [0.2, 0.25) is 0 Å². The van der Waals surface area contributed by atoms with Crippen LogP contribution in [0, 0.1) is 11.8 Å². The monoisotopic (exact) mass is 429 g/mol. The van der Waals surface area contributed by atoms with E-state index in [1.165, 1.54) is 0 Å². The van der Waals surface area contributed by atoms with E-state index in [-0.39, 0.29) is 11.8 Å². The van der Waals surface area contributed by atoms with Crippen LogP contribution >= 0.6 is 0 Å². The van der Waals surface area contributed by atoms with Crippen LogP contribution in [0.4, 0.5) is 0 Å². The van der Waals surface area contributed by atoms with Gasteiger partial charge >= 0.3 is 11.9 Å². The molecular weight excluding hydrogens is 410 g/mol. The van der Waals surface area contributed by atoms with Crippen LogP contribution in [0.5, 0.6) is 0 Å². The van der Waals surface area contributed by atoms with Crippen LogP contribution in [-0.2, 0) is 14.3 Å². The molecule has 3 aliphatic carbocycles. The van der Waals surface area contributed by atoms with Crippen molar-refractivity contribution in [2.24, 2.45) is 11.8 Å². The number of benzene rings is 3. The highest BCUT2D eigenvalue weighted by Gasteiger charge is 2.61. The first-order chi connectivity index (χ1) is 16.2. The number of carbonyl (C=O) groups is 2. The summed E-state index contributed by atoms with van der Waals surface area (Å²) in [6.45, 7) is 0. The second-order valence-electron chi connectivity index (χ2n) is 8.97. The summed E-state index contributed by atoms with van der Waals surface area (Å²) < 4.78 is 5.21. The Morgan fingerprint density at radius 3 is 1.82 bits per heavy atom. The van der Waals surface area contributed by atoms with E-state index in [9.17, 15) is 9.59 Å². The number of esters is 2. The number of nitrogens with zero attached hydrogens (tertiary/aromatic N) is 1. The molecule has 1 fully saturated rings. The van der Waals surface area contributed by atoms with E-state index in [1.807, 2.05) is 48.5 Å². The first-order valence-corrected chi connectivity index (χ1v) is 11.2. The average molecular weight is 429 g/mol. The van der Waals surface area contributed by atoms with Crippen molar-refractivity contribution in [1.82, 2.24) is 4.98 Å². The van der Waals surface area contributed by atoms with Gasteiger partial charge in [-0.25, -0.2) is 4.98 Å². The molecule has 4 aliphatic rings. The Morgan fingerprint density at radius 1 is 0.606 bits per heavy atom. The lowest BCUT2D eigenvalue weighted by molar-refractivity contribution is -0.153. The Hall–Kier alpha value is -4.05. The molecule has 2 bridgehead atoms. The van der Waals surface area contributed by atoms with Crippen molar-refractivity contribution >= 4 is 11.9 Å². The molecule has 1 saturated heterocycles. The van der Waals surface area contributed by atoms with Gasteiger partial charge < -0.3 is 4.74 Å². The maximum atomic E-state index is 12.9. The molecular formula is C29H19NO3. The van der Waals surface area contributed by atoms with E-state index in [0.29, 0.717) is 0 Å². The number of ether oxygens (including phenoxy) is 1. The van der Waals surface area contributed by atoms with E-state index in [1.54, 1.807) is 0 Å². The number of hydrogen-bond donors (Lipinski definition) is 0. The molecule has 0 radical (unpaired) electrons. The molecule has 4 aromatic rings. The smallest absolute Gasteiger partial charge is 0.318 e. The number of rotatable bonds is 2. The largest absolute Gasteiger partial charge is 0.393 e. The Bertz CT molecular complexity index is 1440. The van der Waals surface area contributed by atoms with Gasteiger partial charge in [0.2, 0.25) is 0 Å². The molecule has 1 aliphatic heterocycles. The molecule has 33 heavy (non-hydrogen) atoms. The molecule has 4 heteroatoms. The number of hydrogen-bond acceptors (Lipinski definition) is 4. The van der Waals surface area contributed by atoms with E-state index < -0.39 is 23.8 Å². The van der Waals surface area contributed by atoms with Gasteiger partial charge in [-0.2, -0.15) is 0 Å².